The van der Waals surface area contributed by atoms with E-state index in [4.69, 9.17) is 9.47 Å². The van der Waals surface area contributed by atoms with Crippen molar-refractivity contribution in [3.8, 4) is 0 Å². The van der Waals surface area contributed by atoms with Crippen LogP contribution < -0.4 is 0 Å². The Morgan fingerprint density at radius 2 is 0.833 bits per heavy atom. The first-order valence-electron chi connectivity index (χ1n) is 13.8. The lowest BCUT2D eigenvalue weighted by molar-refractivity contribution is -0.388. The average molecular weight is 743 g/mol. The Morgan fingerprint density at radius 1 is 0.562 bits per heavy atom. The van der Waals surface area contributed by atoms with Gasteiger partial charge in [-0.15, -0.1) is 0 Å². The normalized spacial score (nSPS) is 23.8. The van der Waals surface area contributed by atoms with Crippen molar-refractivity contribution >= 4 is 22.1 Å². The zero-order valence-electron chi connectivity index (χ0n) is 23.9. The van der Waals surface area contributed by atoms with Gasteiger partial charge < -0.3 is 19.7 Å². The van der Waals surface area contributed by atoms with E-state index in [-0.39, 0.29) is 0 Å². The summed E-state index contributed by atoms with van der Waals surface area (Å²) in [6.45, 7) is 0. The van der Waals surface area contributed by atoms with Crippen LogP contribution in [-0.4, -0.2) is 83.2 Å². The summed E-state index contributed by atoms with van der Waals surface area (Å²) >= 11 is 0. The van der Waals surface area contributed by atoms with Gasteiger partial charge in [0.1, 0.15) is 12.2 Å². The van der Waals surface area contributed by atoms with E-state index < -0.39 is 149 Å². The highest BCUT2D eigenvalue weighted by Gasteiger charge is 2.74. The van der Waals surface area contributed by atoms with E-state index in [0.717, 1.165) is 0 Å². The summed E-state index contributed by atoms with van der Waals surface area (Å²) in [5, 5.41) is 19.2. The zero-order valence-corrected chi connectivity index (χ0v) is 24.7. The van der Waals surface area contributed by atoms with Crippen molar-refractivity contribution in [1.29, 1.82) is 0 Å². The first kappa shape index (κ1) is 39.6. The summed E-state index contributed by atoms with van der Waals surface area (Å²) < 4.78 is 201. The number of rotatable bonds is 7. The van der Waals surface area contributed by atoms with Crippen LogP contribution in [-0.2, 0) is 19.6 Å². The molecule has 9 nitrogen and oxygen atoms in total. The summed E-state index contributed by atoms with van der Waals surface area (Å²) in [4.78, 5) is 24.5. The van der Waals surface area contributed by atoms with Crippen molar-refractivity contribution in [3.05, 3.63) is 29.3 Å². The van der Waals surface area contributed by atoms with E-state index in [1.807, 2.05) is 0 Å². The Morgan fingerprint density at radius 3 is 1.06 bits per heavy atom. The second kappa shape index (κ2) is 13.1. The number of esters is 2. The predicted octanol–water partition coefficient (Wildman–Crippen LogP) is 6.08. The van der Waals surface area contributed by atoms with Gasteiger partial charge in [0.15, 0.2) is 0 Å². The molecule has 0 unspecified atom stereocenters. The molecule has 0 aliphatic heterocycles. The molecule has 0 amide bonds. The van der Waals surface area contributed by atoms with E-state index in [2.05, 4.69) is 0 Å². The molecule has 0 heterocycles. The summed E-state index contributed by atoms with van der Waals surface area (Å²) in [7, 11) is -5.18. The summed E-state index contributed by atoms with van der Waals surface area (Å²) in [6.07, 6.45) is -33.1. The van der Waals surface area contributed by atoms with Crippen LogP contribution in [0.1, 0.15) is 72.1 Å². The van der Waals surface area contributed by atoms with Crippen molar-refractivity contribution in [3.63, 3.8) is 0 Å². The molecule has 274 valence electrons. The third kappa shape index (κ3) is 7.80. The van der Waals surface area contributed by atoms with Gasteiger partial charge in [-0.05, 0) is 69.6 Å². The van der Waals surface area contributed by atoms with Gasteiger partial charge in [-0.3, -0.25) is 4.55 Å². The van der Waals surface area contributed by atoms with E-state index in [0.29, 0.717) is 18.2 Å². The predicted molar refractivity (Wildman–Crippen MR) is 133 cm³/mol. The zero-order chi connectivity index (χ0) is 36.9. The van der Waals surface area contributed by atoms with Crippen molar-refractivity contribution in [1.82, 2.24) is 0 Å². The Kier molecular flexibility index (Phi) is 10.8. The number of carbonyl (C=O) groups excluding carboxylic acids is 2. The first-order chi connectivity index (χ1) is 21.5. The number of halogens is 12. The molecule has 2 saturated carbocycles. The molecule has 0 atom stereocenters. The van der Waals surface area contributed by atoms with Crippen LogP contribution in [0.15, 0.2) is 23.1 Å². The molecular weight excluding hydrogens is 716 g/mol. The van der Waals surface area contributed by atoms with Crippen molar-refractivity contribution < 1.29 is 94.9 Å². The fraction of sp³-hybridized carbons (Fsp3) is 0.692. The van der Waals surface area contributed by atoms with Gasteiger partial charge in [0.25, 0.3) is 21.3 Å². The highest BCUT2D eigenvalue weighted by molar-refractivity contribution is 7.85. The Labute approximate surface area is 262 Å². The molecule has 0 bridgehead atoms. The largest absolute Gasteiger partial charge is 0.459 e. The minimum Gasteiger partial charge on any atom is -0.459 e. The average Bonchev–Trinajstić information content (AvgIpc) is 2.94. The molecule has 3 N–H and O–H groups in total. The Bertz CT molecular complexity index is 1330. The first-order valence-corrected chi connectivity index (χ1v) is 15.2. The maximum Gasteiger partial charge on any atom is 0.426 e. The van der Waals surface area contributed by atoms with Crippen LogP contribution in [0.5, 0.6) is 0 Å². The van der Waals surface area contributed by atoms with Gasteiger partial charge in [-0.2, -0.15) is 61.1 Å². The highest BCUT2D eigenvalue weighted by atomic mass is 32.2. The maximum absolute atomic E-state index is 13.2. The Hall–Kier alpha value is -2.85. The number of alkyl halides is 12. The van der Waals surface area contributed by atoms with E-state index in [9.17, 15) is 85.5 Å². The number of benzene rings is 1. The van der Waals surface area contributed by atoms with Crippen molar-refractivity contribution in [2.75, 3.05) is 0 Å². The van der Waals surface area contributed by atoms with Crippen LogP contribution >= 0.6 is 0 Å². The second-order valence-electron chi connectivity index (χ2n) is 11.5. The number of hydrogen-bond acceptors (Lipinski definition) is 8. The summed E-state index contributed by atoms with van der Waals surface area (Å²) in [5.41, 5.74) is -11.7. The molecule has 0 saturated heterocycles. The van der Waals surface area contributed by atoms with Gasteiger partial charge in [0.2, 0.25) is 0 Å². The van der Waals surface area contributed by atoms with Crippen molar-refractivity contribution in [2.45, 2.75) is 104 Å². The second-order valence-corrected chi connectivity index (χ2v) is 12.9. The van der Waals surface area contributed by atoms with Crippen LogP contribution in [0, 0.1) is 11.8 Å². The van der Waals surface area contributed by atoms with E-state index in [1.165, 1.54) is 0 Å². The third-order valence-electron chi connectivity index (χ3n) is 8.48. The topological polar surface area (TPSA) is 147 Å². The lowest BCUT2D eigenvalue weighted by atomic mass is 9.75. The van der Waals surface area contributed by atoms with Gasteiger partial charge in [0, 0.05) is 11.8 Å². The molecule has 22 heteroatoms. The fourth-order valence-corrected chi connectivity index (χ4v) is 6.42. The van der Waals surface area contributed by atoms with Gasteiger partial charge >= 0.3 is 36.6 Å². The van der Waals surface area contributed by atoms with Crippen LogP contribution in [0.3, 0.4) is 0 Å². The molecule has 1 aromatic rings. The number of hydrogen-bond donors (Lipinski definition) is 3. The smallest absolute Gasteiger partial charge is 0.426 e. The van der Waals surface area contributed by atoms with Crippen LogP contribution in [0.2, 0.25) is 0 Å². The molecule has 0 spiro atoms. The molecule has 2 aliphatic carbocycles. The molecule has 0 aromatic heterocycles. The van der Waals surface area contributed by atoms with Gasteiger partial charge in [0.05, 0.1) is 16.0 Å². The van der Waals surface area contributed by atoms with E-state index >= 15 is 0 Å². The molecular formula is C26H26F12O9S. The molecule has 2 aliphatic rings. The van der Waals surface area contributed by atoms with Crippen LogP contribution in [0.4, 0.5) is 52.7 Å². The third-order valence-corrected chi connectivity index (χ3v) is 9.31. The number of ether oxygens (including phenoxy) is 2. The Balaban J connectivity index is 1.74. The standard InChI is InChI=1S/C26H26F12O9S/c27-23(28,29)21(41,24(30,31)32)14-1-5-16(6-2-14)46-19(39)12-9-13(11-18(10-12)48(43,44)45)20(40)47-17-7-3-15(4-8-17)22(42,25(33,34)35)26(36,37)38/h9-11,14-17,41-42H,1-8H2,(H,43,44,45). The minimum atomic E-state index is -6.09. The molecule has 2 fully saturated rings. The molecule has 3 rings (SSSR count). The lowest BCUT2D eigenvalue weighted by Gasteiger charge is -2.41. The van der Waals surface area contributed by atoms with E-state index in [1.54, 1.807) is 0 Å². The molecule has 48 heavy (non-hydrogen) atoms. The maximum atomic E-state index is 13.2. The summed E-state index contributed by atoms with van der Waals surface area (Å²) in [6, 6.07) is 1.63. The highest BCUT2D eigenvalue weighted by Crippen LogP contribution is 2.53. The minimum absolute atomic E-state index is 0.493. The SMILES string of the molecule is O=C(OC1CCC(C(O)(C(F)(F)F)C(F)(F)F)CC1)c1cc(C(=O)OC2CCC(C(O)(C(F)(F)F)C(F)(F)F)CC2)cc(S(=O)(=O)O)c1. The summed E-state index contributed by atoms with van der Waals surface area (Å²) in [5.74, 6) is -7.64. The monoisotopic (exact) mass is 742 g/mol. The molecule has 0 radical (unpaired) electrons. The van der Waals surface area contributed by atoms with Gasteiger partial charge in [-0.25, -0.2) is 9.59 Å². The number of carbonyl (C=O) groups is 2. The van der Waals surface area contributed by atoms with Gasteiger partial charge in [-0.1, -0.05) is 0 Å². The quantitative estimate of drug-likeness (QED) is 0.172. The fourth-order valence-electron chi connectivity index (χ4n) is 5.87. The molecule has 1 aromatic carbocycles. The number of aliphatic hydroxyl groups is 2. The lowest BCUT2D eigenvalue weighted by Crippen LogP contribution is -2.62. The van der Waals surface area contributed by atoms with Crippen LogP contribution in [0.25, 0.3) is 0 Å². The van der Waals surface area contributed by atoms with Crippen molar-refractivity contribution in [2.24, 2.45) is 11.8 Å².